The summed E-state index contributed by atoms with van der Waals surface area (Å²) in [5.74, 6) is 1.08. The van der Waals surface area contributed by atoms with Gasteiger partial charge in [0.05, 0.1) is 23.9 Å². The Bertz CT molecular complexity index is 1080. The number of piperidine rings is 1. The van der Waals surface area contributed by atoms with E-state index in [0.717, 1.165) is 19.4 Å². The van der Waals surface area contributed by atoms with Gasteiger partial charge in [-0.3, -0.25) is 4.79 Å². The van der Waals surface area contributed by atoms with E-state index < -0.39 is 10.0 Å². The molecule has 5 rings (SSSR count). The molecule has 174 valence electrons. The Morgan fingerprint density at radius 1 is 1.09 bits per heavy atom. The molecular formula is C22H29N3O5S2. The number of thioether (sulfide) groups is 1. The molecule has 3 aliphatic rings. The number of carbonyl (C=O) groups is 1. The summed E-state index contributed by atoms with van der Waals surface area (Å²) in [4.78, 5) is 19.7. The number of sulfonamides is 1. The highest BCUT2D eigenvalue weighted by molar-refractivity contribution is 7.99. The monoisotopic (exact) mass is 479 g/mol. The van der Waals surface area contributed by atoms with Crippen LogP contribution in [0, 0.1) is 5.92 Å². The number of aromatic nitrogens is 1. The van der Waals surface area contributed by atoms with E-state index in [2.05, 4.69) is 9.88 Å². The molecule has 1 amide bonds. The van der Waals surface area contributed by atoms with E-state index in [1.54, 1.807) is 18.2 Å². The van der Waals surface area contributed by atoms with Gasteiger partial charge in [-0.2, -0.15) is 4.31 Å². The second-order valence-corrected chi connectivity index (χ2v) is 11.6. The van der Waals surface area contributed by atoms with Gasteiger partial charge in [-0.15, -0.1) is 0 Å². The summed E-state index contributed by atoms with van der Waals surface area (Å²) in [5.41, 5.74) is 1.01. The van der Waals surface area contributed by atoms with Crippen LogP contribution in [0.5, 0.6) is 0 Å². The van der Waals surface area contributed by atoms with Gasteiger partial charge in [-0.1, -0.05) is 24.6 Å². The number of hydrogen-bond donors (Lipinski definition) is 0. The fraction of sp³-hybridized carbons (Fsp3) is 0.636. The molecule has 0 N–H and O–H groups in total. The molecular weight excluding hydrogens is 450 g/mol. The molecule has 1 saturated carbocycles. The summed E-state index contributed by atoms with van der Waals surface area (Å²) >= 11 is 1.28. The minimum absolute atomic E-state index is 0.143. The first-order valence-electron chi connectivity index (χ1n) is 11.4. The molecule has 2 atom stereocenters. The first-order chi connectivity index (χ1) is 15.5. The fourth-order valence-corrected chi connectivity index (χ4v) is 7.34. The van der Waals surface area contributed by atoms with Crippen LogP contribution in [-0.2, 0) is 19.6 Å². The number of carbonyl (C=O) groups excluding carboxylic acids is 1. The average Bonchev–Trinajstić information content (AvgIpc) is 3.25. The number of nitrogens with zero attached hydrogens (tertiary/aromatic N) is 3. The number of benzene rings is 1. The lowest BCUT2D eigenvalue weighted by molar-refractivity contribution is -0.134. The van der Waals surface area contributed by atoms with E-state index in [0.29, 0.717) is 54.6 Å². The maximum Gasteiger partial charge on any atom is 0.257 e. The van der Waals surface area contributed by atoms with Gasteiger partial charge in [0, 0.05) is 25.7 Å². The van der Waals surface area contributed by atoms with Crippen molar-refractivity contribution in [2.75, 3.05) is 38.6 Å². The molecule has 3 heterocycles. The Morgan fingerprint density at radius 2 is 1.88 bits per heavy atom. The molecule has 2 aromatic rings. The van der Waals surface area contributed by atoms with E-state index in [4.69, 9.17) is 9.15 Å². The number of amides is 1. The van der Waals surface area contributed by atoms with Gasteiger partial charge >= 0.3 is 0 Å². The van der Waals surface area contributed by atoms with Crippen molar-refractivity contribution in [3.05, 3.63) is 18.2 Å². The predicted molar refractivity (Wildman–Crippen MR) is 121 cm³/mol. The second kappa shape index (κ2) is 9.32. The average molecular weight is 480 g/mol. The third kappa shape index (κ3) is 4.42. The molecule has 8 nitrogen and oxygen atoms in total. The van der Waals surface area contributed by atoms with Crippen LogP contribution in [0.2, 0.25) is 0 Å². The topological polar surface area (TPSA) is 92.9 Å². The lowest BCUT2D eigenvalue weighted by Crippen LogP contribution is -2.50. The lowest BCUT2D eigenvalue weighted by atomic mass is 9.78. The van der Waals surface area contributed by atoms with E-state index in [1.807, 2.05) is 0 Å². The van der Waals surface area contributed by atoms with Crippen molar-refractivity contribution in [1.29, 1.82) is 0 Å². The molecule has 3 fully saturated rings. The Labute approximate surface area is 192 Å². The molecule has 1 aromatic carbocycles. The number of hydrogen-bond acceptors (Lipinski definition) is 7. The van der Waals surface area contributed by atoms with Gasteiger partial charge in [0.15, 0.2) is 5.58 Å². The molecule has 2 unspecified atom stereocenters. The number of ether oxygens (including phenoxy) is 1. The Hall–Kier alpha value is -1.62. The van der Waals surface area contributed by atoms with Crippen LogP contribution >= 0.6 is 11.8 Å². The molecule has 1 aromatic heterocycles. The molecule has 2 saturated heterocycles. The molecule has 0 spiro atoms. The molecule has 2 aliphatic heterocycles. The van der Waals surface area contributed by atoms with Crippen molar-refractivity contribution in [3.63, 3.8) is 0 Å². The van der Waals surface area contributed by atoms with Crippen LogP contribution in [0.4, 0.5) is 0 Å². The molecule has 32 heavy (non-hydrogen) atoms. The van der Waals surface area contributed by atoms with Crippen LogP contribution in [0.3, 0.4) is 0 Å². The van der Waals surface area contributed by atoms with E-state index in [1.165, 1.54) is 41.8 Å². The zero-order valence-electron chi connectivity index (χ0n) is 18.1. The highest BCUT2D eigenvalue weighted by atomic mass is 32.2. The van der Waals surface area contributed by atoms with Gasteiger partial charge < -0.3 is 14.1 Å². The van der Waals surface area contributed by atoms with Crippen LogP contribution < -0.4 is 0 Å². The van der Waals surface area contributed by atoms with E-state index in [9.17, 15) is 13.2 Å². The van der Waals surface area contributed by atoms with Crippen molar-refractivity contribution in [3.8, 4) is 0 Å². The number of likely N-dealkylation sites (tertiary alicyclic amines) is 1. The highest BCUT2D eigenvalue weighted by Gasteiger charge is 2.35. The zero-order chi connectivity index (χ0) is 22.1. The maximum atomic E-state index is 12.9. The summed E-state index contributed by atoms with van der Waals surface area (Å²) in [7, 11) is -3.59. The standard InChI is InChI=1S/C22H29N3O5S2/c26-21(25-9-3-5-16-4-1-2-6-19(16)25)15-31-22-23-18-14-17(7-8-20(18)30-22)32(27,28)24-10-12-29-13-11-24/h7-8,14,16,19H,1-6,9-13,15H2. The first kappa shape index (κ1) is 22.2. The van der Waals surface area contributed by atoms with Crippen LogP contribution in [0.1, 0.15) is 38.5 Å². The van der Waals surface area contributed by atoms with E-state index >= 15 is 0 Å². The lowest BCUT2D eigenvalue weighted by Gasteiger charge is -2.44. The van der Waals surface area contributed by atoms with Crippen molar-refractivity contribution >= 4 is 38.8 Å². The van der Waals surface area contributed by atoms with Crippen LogP contribution in [0.25, 0.3) is 11.1 Å². The molecule has 1 aliphatic carbocycles. The van der Waals surface area contributed by atoms with Crippen molar-refractivity contribution in [2.45, 2.75) is 54.7 Å². The van der Waals surface area contributed by atoms with E-state index in [-0.39, 0.29) is 16.6 Å². The number of morpholine rings is 1. The first-order valence-corrected chi connectivity index (χ1v) is 13.9. The maximum absolute atomic E-state index is 12.9. The third-order valence-corrected chi connectivity index (χ3v) is 9.54. The van der Waals surface area contributed by atoms with Crippen molar-refractivity contribution in [1.82, 2.24) is 14.2 Å². The van der Waals surface area contributed by atoms with Crippen molar-refractivity contribution < 1.29 is 22.4 Å². The highest BCUT2D eigenvalue weighted by Crippen LogP contribution is 2.36. The van der Waals surface area contributed by atoms with Crippen molar-refractivity contribution in [2.24, 2.45) is 5.92 Å². The molecule has 0 bridgehead atoms. The van der Waals surface area contributed by atoms with Gasteiger partial charge in [-0.25, -0.2) is 13.4 Å². The zero-order valence-corrected chi connectivity index (χ0v) is 19.7. The molecule has 10 heteroatoms. The van der Waals surface area contributed by atoms with Gasteiger partial charge in [0.25, 0.3) is 5.22 Å². The SMILES string of the molecule is O=C(CSc1nc2cc(S(=O)(=O)N3CCOCC3)ccc2o1)N1CCCC2CCCCC21. The minimum atomic E-state index is -3.59. The minimum Gasteiger partial charge on any atom is -0.431 e. The number of rotatable bonds is 5. The molecule has 0 radical (unpaired) electrons. The summed E-state index contributed by atoms with van der Waals surface area (Å²) in [6.07, 6.45) is 7.17. The quantitative estimate of drug-likeness (QED) is 0.608. The van der Waals surface area contributed by atoms with Gasteiger partial charge in [-0.05, 0) is 49.8 Å². The third-order valence-electron chi connectivity index (χ3n) is 6.83. The Kier molecular flexibility index (Phi) is 6.46. The van der Waals surface area contributed by atoms with Gasteiger partial charge in [0.2, 0.25) is 15.9 Å². The normalized spacial score (nSPS) is 25.1. The number of oxazole rings is 1. The summed E-state index contributed by atoms with van der Waals surface area (Å²) in [6.45, 7) is 2.34. The smallest absolute Gasteiger partial charge is 0.257 e. The van der Waals surface area contributed by atoms with Gasteiger partial charge in [0.1, 0.15) is 5.52 Å². The van der Waals surface area contributed by atoms with Crippen LogP contribution in [-0.4, -0.2) is 73.2 Å². The predicted octanol–water partition coefficient (Wildman–Crippen LogP) is 3.12. The Balaban J connectivity index is 1.26. The van der Waals surface area contributed by atoms with Crippen LogP contribution in [0.15, 0.2) is 32.7 Å². The second-order valence-electron chi connectivity index (χ2n) is 8.76. The summed E-state index contributed by atoms with van der Waals surface area (Å²) in [6, 6.07) is 5.13. The summed E-state index contributed by atoms with van der Waals surface area (Å²) < 4.78 is 38.3. The summed E-state index contributed by atoms with van der Waals surface area (Å²) in [5, 5.41) is 0.395. The number of fused-ring (bicyclic) bond motifs is 2. The largest absolute Gasteiger partial charge is 0.431 e. The fourth-order valence-electron chi connectivity index (χ4n) is 5.19. The Morgan fingerprint density at radius 3 is 2.72 bits per heavy atom.